The van der Waals surface area contributed by atoms with Crippen molar-refractivity contribution in [1.82, 2.24) is 9.97 Å². The lowest BCUT2D eigenvalue weighted by atomic mass is 9.61. The average Bonchev–Trinajstić information content (AvgIpc) is 3.15. The van der Waals surface area contributed by atoms with E-state index in [0.717, 1.165) is 37.4 Å². The van der Waals surface area contributed by atoms with Crippen LogP contribution >= 0.6 is 11.6 Å². The SMILES string of the molecule is C=CC(Cl)=Cc1c(-c2nc(NC3C4CCC(CC4)C3C(=O)OC)c(F)cc2F)c[nH]c1C. The highest BCUT2D eigenvalue weighted by atomic mass is 35.5. The van der Waals surface area contributed by atoms with Crippen molar-refractivity contribution in [2.45, 2.75) is 38.6 Å². The van der Waals surface area contributed by atoms with Crippen molar-refractivity contribution < 1.29 is 18.3 Å². The van der Waals surface area contributed by atoms with Crippen LogP contribution in [0.25, 0.3) is 17.3 Å². The molecule has 2 aromatic heterocycles. The van der Waals surface area contributed by atoms with Gasteiger partial charge in [0.05, 0.1) is 13.0 Å². The number of hydrogen-bond acceptors (Lipinski definition) is 4. The number of carbonyl (C=O) groups is 1. The fourth-order valence-electron chi connectivity index (χ4n) is 5.16. The summed E-state index contributed by atoms with van der Waals surface area (Å²) in [5.41, 5.74) is 1.85. The molecule has 2 aromatic rings. The van der Waals surface area contributed by atoms with E-state index in [2.05, 4.69) is 21.9 Å². The van der Waals surface area contributed by atoms with Crippen LogP contribution in [0.15, 0.2) is 30.0 Å². The smallest absolute Gasteiger partial charge is 0.311 e. The molecule has 170 valence electrons. The van der Waals surface area contributed by atoms with Crippen molar-refractivity contribution in [3.8, 4) is 11.3 Å². The van der Waals surface area contributed by atoms with Crippen LogP contribution in [-0.4, -0.2) is 29.1 Å². The van der Waals surface area contributed by atoms with Gasteiger partial charge in [0, 0.05) is 40.2 Å². The summed E-state index contributed by atoms with van der Waals surface area (Å²) >= 11 is 6.11. The second-order valence-corrected chi connectivity index (χ2v) is 8.95. The number of aryl methyl sites for hydroxylation is 1. The number of hydrogen-bond donors (Lipinski definition) is 2. The second-order valence-electron chi connectivity index (χ2n) is 8.52. The number of pyridine rings is 1. The third-order valence-corrected chi connectivity index (χ3v) is 7.05. The monoisotopic (exact) mass is 461 g/mol. The standard InChI is InChI=1S/C24H26ClF2N3O2/c1-4-15(25)9-16-12(2)28-11-17(16)22-18(26)10-19(27)23(30-22)29-21-14-7-5-13(6-8-14)20(21)24(31)32-3/h4,9-11,13-14,20-21,28H,1,5-8H2,2-3H3,(H,29,30). The molecule has 2 heterocycles. The summed E-state index contributed by atoms with van der Waals surface area (Å²) in [6.45, 7) is 5.45. The Hall–Kier alpha value is -2.67. The van der Waals surface area contributed by atoms with Gasteiger partial charge in [-0.2, -0.15) is 0 Å². The number of esters is 1. The van der Waals surface area contributed by atoms with E-state index < -0.39 is 11.6 Å². The van der Waals surface area contributed by atoms with Crippen molar-refractivity contribution in [3.63, 3.8) is 0 Å². The van der Waals surface area contributed by atoms with E-state index in [1.54, 1.807) is 12.3 Å². The molecule has 8 heteroatoms. The highest BCUT2D eigenvalue weighted by Crippen LogP contribution is 2.47. The lowest BCUT2D eigenvalue weighted by Gasteiger charge is -2.47. The molecule has 2 unspecified atom stereocenters. The topological polar surface area (TPSA) is 67.0 Å². The summed E-state index contributed by atoms with van der Waals surface area (Å²) in [6.07, 6.45) is 8.56. The van der Waals surface area contributed by atoms with E-state index in [4.69, 9.17) is 16.3 Å². The van der Waals surface area contributed by atoms with E-state index >= 15 is 0 Å². The Labute approximate surface area is 190 Å². The lowest BCUT2D eigenvalue weighted by molar-refractivity contribution is -0.152. The first-order valence-electron chi connectivity index (χ1n) is 10.7. The number of rotatable bonds is 6. The Bertz CT molecular complexity index is 1070. The van der Waals surface area contributed by atoms with Crippen LogP contribution in [0, 0.1) is 36.3 Å². The van der Waals surface area contributed by atoms with Crippen LogP contribution in [0.4, 0.5) is 14.6 Å². The van der Waals surface area contributed by atoms with Gasteiger partial charge in [-0.25, -0.2) is 13.8 Å². The van der Waals surface area contributed by atoms with Gasteiger partial charge in [-0.05, 0) is 50.5 Å². The van der Waals surface area contributed by atoms with E-state index in [1.165, 1.54) is 13.2 Å². The molecule has 3 fully saturated rings. The zero-order chi connectivity index (χ0) is 23.0. The average molecular weight is 462 g/mol. The number of methoxy groups -OCH3 is 1. The van der Waals surface area contributed by atoms with Crippen molar-refractivity contribution in [2.75, 3.05) is 12.4 Å². The van der Waals surface area contributed by atoms with Crippen molar-refractivity contribution in [2.24, 2.45) is 17.8 Å². The molecule has 0 aromatic carbocycles. The van der Waals surface area contributed by atoms with Gasteiger partial charge in [0.2, 0.25) is 0 Å². The Kier molecular flexibility index (Phi) is 6.38. The van der Waals surface area contributed by atoms with Crippen LogP contribution < -0.4 is 5.32 Å². The quantitative estimate of drug-likeness (QED) is 0.420. The minimum absolute atomic E-state index is 0.00591. The minimum Gasteiger partial charge on any atom is -0.469 e. The Morgan fingerprint density at radius 1 is 1.28 bits per heavy atom. The number of allylic oxidation sites excluding steroid dienone is 2. The maximum Gasteiger partial charge on any atom is 0.311 e. The van der Waals surface area contributed by atoms with Gasteiger partial charge in [-0.1, -0.05) is 24.3 Å². The normalized spacial score (nSPS) is 25.0. The van der Waals surface area contributed by atoms with Gasteiger partial charge in [0.25, 0.3) is 0 Å². The first kappa shape index (κ1) is 22.5. The van der Waals surface area contributed by atoms with E-state index in [1.807, 2.05) is 6.92 Å². The first-order valence-corrected chi connectivity index (χ1v) is 11.1. The summed E-state index contributed by atoms with van der Waals surface area (Å²) in [4.78, 5) is 19.9. The number of halogens is 3. The number of ether oxygens (including phenoxy) is 1. The third-order valence-electron chi connectivity index (χ3n) is 6.78. The molecule has 0 radical (unpaired) electrons. The molecule has 0 spiro atoms. The van der Waals surface area contributed by atoms with Crippen molar-refractivity contribution in [1.29, 1.82) is 0 Å². The number of aromatic amines is 1. The van der Waals surface area contributed by atoms with Crippen LogP contribution in [-0.2, 0) is 9.53 Å². The number of fused-ring (bicyclic) bond motifs is 3. The molecular weight excluding hydrogens is 436 g/mol. The fourth-order valence-corrected chi connectivity index (χ4v) is 5.27. The predicted octanol–water partition coefficient (Wildman–Crippen LogP) is 5.82. The summed E-state index contributed by atoms with van der Waals surface area (Å²) in [6, 6.07) is 0.516. The molecule has 3 aliphatic rings. The summed E-state index contributed by atoms with van der Waals surface area (Å²) < 4.78 is 34.6. The maximum atomic E-state index is 14.8. The van der Waals surface area contributed by atoms with Gasteiger partial charge in [-0.3, -0.25) is 4.79 Å². The summed E-state index contributed by atoms with van der Waals surface area (Å²) in [5.74, 6) is -1.93. The Morgan fingerprint density at radius 2 is 1.97 bits per heavy atom. The fraction of sp³-hybridized carbons (Fsp3) is 0.417. The Balaban J connectivity index is 1.73. The zero-order valence-electron chi connectivity index (χ0n) is 18.1. The second kappa shape index (κ2) is 9.06. The van der Waals surface area contributed by atoms with Crippen molar-refractivity contribution >= 4 is 29.5 Å². The molecule has 5 rings (SSSR count). The van der Waals surface area contributed by atoms with Crippen LogP contribution in [0.3, 0.4) is 0 Å². The largest absolute Gasteiger partial charge is 0.469 e. The Morgan fingerprint density at radius 3 is 2.62 bits per heavy atom. The minimum atomic E-state index is -0.801. The first-order chi connectivity index (χ1) is 15.3. The summed E-state index contributed by atoms with van der Waals surface area (Å²) in [7, 11) is 1.37. The molecule has 3 aliphatic carbocycles. The van der Waals surface area contributed by atoms with Gasteiger partial charge >= 0.3 is 5.97 Å². The van der Waals surface area contributed by atoms with Gasteiger partial charge in [0.15, 0.2) is 17.5 Å². The molecule has 2 atom stereocenters. The predicted molar refractivity (Wildman–Crippen MR) is 121 cm³/mol. The van der Waals surface area contributed by atoms with Crippen LogP contribution in [0.5, 0.6) is 0 Å². The molecule has 0 aliphatic heterocycles. The number of nitrogens with one attached hydrogen (secondary N) is 2. The molecule has 2 bridgehead atoms. The zero-order valence-corrected chi connectivity index (χ0v) is 18.8. The highest BCUT2D eigenvalue weighted by Gasteiger charge is 2.48. The van der Waals surface area contributed by atoms with Gasteiger partial charge < -0.3 is 15.0 Å². The maximum absolute atomic E-state index is 14.8. The number of anilines is 1. The van der Waals surface area contributed by atoms with Crippen LogP contribution in [0.1, 0.15) is 36.9 Å². The van der Waals surface area contributed by atoms with E-state index in [0.29, 0.717) is 16.2 Å². The third kappa shape index (κ3) is 4.06. The molecular formula is C24H26ClF2N3O2. The van der Waals surface area contributed by atoms with E-state index in [9.17, 15) is 13.6 Å². The van der Waals surface area contributed by atoms with Crippen molar-refractivity contribution in [3.05, 3.63) is 52.8 Å². The molecule has 0 amide bonds. The number of H-pyrrole nitrogens is 1. The molecule has 5 nitrogen and oxygen atoms in total. The van der Waals surface area contributed by atoms with E-state index in [-0.39, 0.29) is 41.3 Å². The van der Waals surface area contributed by atoms with Gasteiger partial charge in [-0.15, -0.1) is 0 Å². The molecule has 0 saturated heterocycles. The molecule has 3 saturated carbocycles. The lowest BCUT2D eigenvalue weighted by Crippen LogP contribution is -2.52. The number of aromatic nitrogens is 2. The number of carbonyl (C=O) groups excluding carboxylic acids is 1. The van der Waals surface area contributed by atoms with Crippen LogP contribution in [0.2, 0.25) is 0 Å². The highest BCUT2D eigenvalue weighted by molar-refractivity contribution is 6.33. The van der Waals surface area contributed by atoms with Gasteiger partial charge in [0.1, 0.15) is 5.69 Å². The molecule has 2 N–H and O–H groups in total. The number of nitrogens with zero attached hydrogens (tertiary/aromatic N) is 1. The molecule has 32 heavy (non-hydrogen) atoms. The summed E-state index contributed by atoms with van der Waals surface area (Å²) in [5, 5.41) is 3.52.